The van der Waals surface area contributed by atoms with E-state index in [0.29, 0.717) is 19.0 Å². The normalized spacial score (nSPS) is 15.9. The lowest BCUT2D eigenvalue weighted by Crippen LogP contribution is -2.39. The van der Waals surface area contributed by atoms with Gasteiger partial charge in [0.15, 0.2) is 5.96 Å². The Kier molecular flexibility index (Phi) is 12.4. The Hall–Kier alpha value is -1.09. The van der Waals surface area contributed by atoms with Gasteiger partial charge < -0.3 is 20.3 Å². The van der Waals surface area contributed by atoms with Crippen molar-refractivity contribution in [1.82, 2.24) is 20.5 Å². The number of halogens is 1. The molecule has 27 heavy (non-hydrogen) atoms. The molecule has 7 heteroatoms. The summed E-state index contributed by atoms with van der Waals surface area (Å²) in [5.41, 5.74) is 1.10. The predicted octanol–water partition coefficient (Wildman–Crippen LogP) is 3.28. The molecule has 1 aromatic rings. The van der Waals surface area contributed by atoms with Crippen LogP contribution in [0.5, 0.6) is 5.88 Å². The van der Waals surface area contributed by atoms with Gasteiger partial charge in [-0.05, 0) is 70.3 Å². The molecule has 0 radical (unpaired) electrons. The number of likely N-dealkylation sites (tertiary alicyclic amines) is 1. The lowest BCUT2D eigenvalue weighted by Gasteiger charge is -2.30. The molecule has 0 amide bonds. The minimum atomic E-state index is 0. The molecule has 1 aliphatic rings. The molecule has 0 aromatic carbocycles. The summed E-state index contributed by atoms with van der Waals surface area (Å²) < 4.78 is 5.45. The molecule has 1 saturated heterocycles. The van der Waals surface area contributed by atoms with E-state index in [1.807, 2.05) is 19.1 Å². The maximum Gasteiger partial charge on any atom is 0.213 e. The summed E-state index contributed by atoms with van der Waals surface area (Å²) in [7, 11) is 0. The van der Waals surface area contributed by atoms with Crippen molar-refractivity contribution < 1.29 is 4.74 Å². The van der Waals surface area contributed by atoms with Crippen LogP contribution in [0.4, 0.5) is 0 Å². The first-order chi connectivity index (χ1) is 12.7. The average Bonchev–Trinajstić information content (AvgIpc) is 2.65. The van der Waals surface area contributed by atoms with E-state index in [0.717, 1.165) is 37.0 Å². The van der Waals surface area contributed by atoms with Gasteiger partial charge in [0.05, 0.1) is 13.2 Å². The number of pyridine rings is 1. The van der Waals surface area contributed by atoms with Gasteiger partial charge in [0.1, 0.15) is 0 Å². The minimum absolute atomic E-state index is 0. The van der Waals surface area contributed by atoms with Gasteiger partial charge in [-0.1, -0.05) is 6.92 Å². The third-order valence-corrected chi connectivity index (χ3v) is 4.68. The number of rotatable bonds is 9. The second kappa shape index (κ2) is 14.0. The highest BCUT2D eigenvalue weighted by atomic mass is 127. The number of piperidine rings is 1. The maximum absolute atomic E-state index is 5.45. The quantitative estimate of drug-likeness (QED) is 0.241. The van der Waals surface area contributed by atoms with Gasteiger partial charge in [-0.25, -0.2) is 9.98 Å². The van der Waals surface area contributed by atoms with Crippen molar-refractivity contribution in [2.24, 2.45) is 10.9 Å². The number of aromatic nitrogens is 1. The number of ether oxygens (including phenoxy) is 1. The van der Waals surface area contributed by atoms with Crippen LogP contribution in [0, 0.1) is 5.92 Å². The molecule has 6 nitrogen and oxygen atoms in total. The fourth-order valence-electron chi connectivity index (χ4n) is 3.08. The minimum Gasteiger partial charge on any atom is -0.478 e. The highest BCUT2D eigenvalue weighted by Crippen LogP contribution is 2.15. The summed E-state index contributed by atoms with van der Waals surface area (Å²) in [6.45, 7) is 13.1. The van der Waals surface area contributed by atoms with Crippen LogP contribution in [0.1, 0.15) is 45.6 Å². The van der Waals surface area contributed by atoms with E-state index in [-0.39, 0.29) is 24.0 Å². The molecule has 0 saturated carbocycles. The van der Waals surface area contributed by atoms with Crippen LogP contribution < -0.4 is 15.4 Å². The Balaban J connectivity index is 0.00000364. The van der Waals surface area contributed by atoms with E-state index in [2.05, 4.69) is 39.4 Å². The van der Waals surface area contributed by atoms with Crippen molar-refractivity contribution in [1.29, 1.82) is 0 Å². The predicted molar refractivity (Wildman–Crippen MR) is 123 cm³/mol. The Morgan fingerprint density at radius 3 is 2.78 bits per heavy atom. The van der Waals surface area contributed by atoms with Crippen LogP contribution in [0.15, 0.2) is 23.3 Å². The van der Waals surface area contributed by atoms with Crippen molar-refractivity contribution >= 4 is 29.9 Å². The third kappa shape index (κ3) is 9.60. The van der Waals surface area contributed by atoms with Crippen molar-refractivity contribution in [2.75, 3.05) is 39.3 Å². The third-order valence-electron chi connectivity index (χ3n) is 4.68. The summed E-state index contributed by atoms with van der Waals surface area (Å²) in [6, 6.07) is 3.93. The van der Waals surface area contributed by atoms with Gasteiger partial charge in [-0.3, -0.25) is 0 Å². The summed E-state index contributed by atoms with van der Waals surface area (Å²) in [6.07, 6.45) is 5.60. The first-order valence-electron chi connectivity index (χ1n) is 10.0. The van der Waals surface area contributed by atoms with E-state index < -0.39 is 0 Å². The molecule has 154 valence electrons. The number of hydrogen-bond donors (Lipinski definition) is 2. The zero-order valence-corrected chi connectivity index (χ0v) is 19.4. The van der Waals surface area contributed by atoms with Crippen molar-refractivity contribution in [3.8, 4) is 5.88 Å². The number of nitrogens with one attached hydrogen (secondary N) is 2. The van der Waals surface area contributed by atoms with E-state index >= 15 is 0 Å². The Morgan fingerprint density at radius 2 is 2.07 bits per heavy atom. The van der Waals surface area contributed by atoms with Gasteiger partial charge in [0.25, 0.3) is 0 Å². The standard InChI is InChI=1S/C20H35N5O.HI/c1-4-21-20(23-10-6-12-25-13-8-17(3)9-14-25)24-16-18-7-11-22-19(15-18)26-5-2;/h7,11,15,17H,4-6,8-10,12-14,16H2,1-3H3,(H2,21,23,24);1H. The summed E-state index contributed by atoms with van der Waals surface area (Å²) in [5, 5.41) is 6.76. The molecule has 2 N–H and O–H groups in total. The van der Waals surface area contributed by atoms with Crippen molar-refractivity contribution in [3.63, 3.8) is 0 Å². The second-order valence-electron chi connectivity index (χ2n) is 6.93. The van der Waals surface area contributed by atoms with Crippen LogP contribution in [-0.4, -0.2) is 55.2 Å². The topological polar surface area (TPSA) is 61.8 Å². The van der Waals surface area contributed by atoms with Crippen LogP contribution >= 0.6 is 24.0 Å². The SMILES string of the molecule is CCNC(=NCc1ccnc(OCC)c1)NCCCN1CCC(C)CC1.I. The van der Waals surface area contributed by atoms with Crippen LogP contribution in [0.2, 0.25) is 0 Å². The number of nitrogens with zero attached hydrogens (tertiary/aromatic N) is 3. The molecule has 0 spiro atoms. The fourth-order valence-corrected chi connectivity index (χ4v) is 3.08. The summed E-state index contributed by atoms with van der Waals surface area (Å²) in [5.74, 6) is 2.43. The average molecular weight is 489 g/mol. The molecule has 1 fully saturated rings. The molecule has 0 aliphatic carbocycles. The Morgan fingerprint density at radius 1 is 1.30 bits per heavy atom. The zero-order valence-electron chi connectivity index (χ0n) is 17.0. The van der Waals surface area contributed by atoms with Crippen LogP contribution in [-0.2, 0) is 6.54 Å². The van der Waals surface area contributed by atoms with E-state index in [1.54, 1.807) is 6.20 Å². The molecular weight excluding hydrogens is 453 g/mol. The van der Waals surface area contributed by atoms with Crippen molar-refractivity contribution in [3.05, 3.63) is 23.9 Å². The molecule has 1 aliphatic heterocycles. The Labute approximate surface area is 181 Å². The molecule has 0 bridgehead atoms. The monoisotopic (exact) mass is 489 g/mol. The number of hydrogen-bond acceptors (Lipinski definition) is 4. The van der Waals surface area contributed by atoms with Gasteiger partial charge in [0.2, 0.25) is 5.88 Å². The molecule has 0 unspecified atom stereocenters. The van der Waals surface area contributed by atoms with Crippen molar-refractivity contribution in [2.45, 2.75) is 46.6 Å². The van der Waals surface area contributed by atoms with Gasteiger partial charge in [-0.2, -0.15) is 0 Å². The lowest BCUT2D eigenvalue weighted by molar-refractivity contribution is 0.191. The highest BCUT2D eigenvalue weighted by molar-refractivity contribution is 14.0. The summed E-state index contributed by atoms with van der Waals surface area (Å²) in [4.78, 5) is 11.5. The first kappa shape index (κ1) is 23.9. The Bertz CT molecular complexity index is 547. The van der Waals surface area contributed by atoms with Gasteiger partial charge in [-0.15, -0.1) is 24.0 Å². The van der Waals surface area contributed by atoms with Gasteiger partial charge in [0, 0.05) is 25.4 Å². The van der Waals surface area contributed by atoms with Crippen LogP contribution in [0.3, 0.4) is 0 Å². The summed E-state index contributed by atoms with van der Waals surface area (Å²) >= 11 is 0. The zero-order chi connectivity index (χ0) is 18.6. The largest absolute Gasteiger partial charge is 0.478 e. The maximum atomic E-state index is 5.45. The lowest BCUT2D eigenvalue weighted by atomic mass is 9.99. The fraction of sp³-hybridized carbons (Fsp3) is 0.700. The second-order valence-corrected chi connectivity index (χ2v) is 6.93. The first-order valence-corrected chi connectivity index (χ1v) is 10.0. The molecule has 1 aromatic heterocycles. The van der Waals surface area contributed by atoms with E-state index in [1.165, 1.54) is 32.5 Å². The highest BCUT2D eigenvalue weighted by Gasteiger charge is 2.14. The van der Waals surface area contributed by atoms with Crippen LogP contribution in [0.25, 0.3) is 0 Å². The smallest absolute Gasteiger partial charge is 0.213 e. The van der Waals surface area contributed by atoms with E-state index in [4.69, 9.17) is 4.74 Å². The number of guanidine groups is 1. The molecule has 2 heterocycles. The van der Waals surface area contributed by atoms with Gasteiger partial charge >= 0.3 is 0 Å². The molecule has 0 atom stereocenters. The number of aliphatic imine (C=N–C) groups is 1. The molecular formula is C20H36IN5O. The molecule has 2 rings (SSSR count). The van der Waals surface area contributed by atoms with E-state index in [9.17, 15) is 0 Å².